The average molecular weight is 740 g/mol. The van der Waals surface area contributed by atoms with Crippen LogP contribution in [0.25, 0.3) is 0 Å². The van der Waals surface area contributed by atoms with E-state index in [0.29, 0.717) is 46.6 Å². The SMILES string of the molecule is CCSc1c(C)cc(C(C)(F)F)cc1NC(=O)c1cc(C(=O)Nc2cc(C(C)(F)F)cc(NC(=O)CCCCN=C(N)F)c2SCC)ncn1. The minimum atomic E-state index is -3.36. The molecule has 0 saturated carbocycles. The van der Waals surface area contributed by atoms with Crippen LogP contribution in [0.4, 0.5) is 39.0 Å². The van der Waals surface area contributed by atoms with Gasteiger partial charge < -0.3 is 21.7 Å². The number of thioether (sulfide) groups is 2. The Bertz CT molecular complexity index is 1740. The smallest absolute Gasteiger partial charge is 0.275 e. The lowest BCUT2D eigenvalue weighted by Crippen LogP contribution is -2.20. The summed E-state index contributed by atoms with van der Waals surface area (Å²) < 4.78 is 70.2. The molecule has 0 spiro atoms. The molecule has 50 heavy (non-hydrogen) atoms. The first kappa shape index (κ1) is 40.2. The number of hydrogen-bond acceptors (Lipinski definition) is 8. The maximum atomic E-state index is 14.6. The van der Waals surface area contributed by atoms with E-state index >= 15 is 0 Å². The highest BCUT2D eigenvalue weighted by molar-refractivity contribution is 7.99. The number of halogens is 5. The van der Waals surface area contributed by atoms with Crippen LogP contribution in [0.5, 0.6) is 0 Å². The van der Waals surface area contributed by atoms with Crippen LogP contribution in [-0.2, 0) is 16.6 Å². The number of rotatable bonds is 16. The van der Waals surface area contributed by atoms with E-state index in [-0.39, 0.29) is 47.0 Å². The zero-order valence-corrected chi connectivity index (χ0v) is 29.7. The maximum Gasteiger partial charge on any atom is 0.275 e. The van der Waals surface area contributed by atoms with Gasteiger partial charge in [0.15, 0.2) is 0 Å². The first-order valence-electron chi connectivity index (χ1n) is 15.5. The molecule has 0 atom stereocenters. The minimum absolute atomic E-state index is 0.0124. The average Bonchev–Trinajstić information content (AvgIpc) is 3.02. The summed E-state index contributed by atoms with van der Waals surface area (Å²) in [5, 5.41) is 7.81. The zero-order valence-electron chi connectivity index (χ0n) is 28.1. The van der Waals surface area contributed by atoms with Crippen molar-refractivity contribution in [3.8, 4) is 0 Å². The van der Waals surface area contributed by atoms with Crippen LogP contribution in [0.15, 0.2) is 51.4 Å². The van der Waals surface area contributed by atoms with Gasteiger partial charge in [-0.25, -0.2) is 32.5 Å². The molecule has 0 aliphatic rings. The fraction of sp³-hybridized carbons (Fsp3) is 0.394. The highest BCUT2D eigenvalue weighted by Gasteiger charge is 2.29. The van der Waals surface area contributed by atoms with Gasteiger partial charge in [-0.1, -0.05) is 13.8 Å². The van der Waals surface area contributed by atoms with E-state index < -0.39 is 41.2 Å². The summed E-state index contributed by atoms with van der Waals surface area (Å²) in [6.45, 7) is 6.82. The summed E-state index contributed by atoms with van der Waals surface area (Å²) in [5.74, 6) is -7.64. The molecule has 0 fully saturated rings. The molecule has 2 aromatic carbocycles. The van der Waals surface area contributed by atoms with E-state index in [4.69, 9.17) is 5.73 Å². The maximum absolute atomic E-state index is 14.6. The molecule has 3 aromatic rings. The molecule has 5 N–H and O–H groups in total. The zero-order chi connectivity index (χ0) is 37.2. The molecule has 0 aliphatic heterocycles. The third-order valence-electron chi connectivity index (χ3n) is 6.93. The third-order valence-corrected chi connectivity index (χ3v) is 9.07. The highest BCUT2D eigenvalue weighted by Crippen LogP contribution is 2.41. The van der Waals surface area contributed by atoms with E-state index in [1.54, 1.807) is 13.8 Å². The van der Waals surface area contributed by atoms with Crippen LogP contribution in [-0.4, -0.2) is 51.8 Å². The molecule has 3 amide bonds. The van der Waals surface area contributed by atoms with Gasteiger partial charge in [0.2, 0.25) is 5.91 Å². The van der Waals surface area contributed by atoms with Crippen LogP contribution in [0, 0.1) is 6.92 Å². The second kappa shape index (κ2) is 17.6. The van der Waals surface area contributed by atoms with Gasteiger partial charge in [-0.2, -0.15) is 4.39 Å². The van der Waals surface area contributed by atoms with Crippen molar-refractivity contribution < 1.29 is 36.3 Å². The summed E-state index contributed by atoms with van der Waals surface area (Å²) in [5.41, 5.74) is 4.23. The molecule has 1 heterocycles. The second-order valence-electron chi connectivity index (χ2n) is 11.1. The van der Waals surface area contributed by atoms with E-state index in [0.717, 1.165) is 31.5 Å². The molecule has 0 bridgehead atoms. The van der Waals surface area contributed by atoms with Crippen molar-refractivity contribution in [3.63, 3.8) is 0 Å². The number of amides is 3. The number of hydrogen-bond donors (Lipinski definition) is 4. The van der Waals surface area contributed by atoms with Crippen molar-refractivity contribution in [2.24, 2.45) is 10.7 Å². The molecule has 0 radical (unpaired) electrons. The molecule has 270 valence electrons. The van der Waals surface area contributed by atoms with Crippen LogP contribution in [0.3, 0.4) is 0 Å². The number of aromatic nitrogens is 2. The minimum Gasteiger partial charge on any atom is -0.360 e. The van der Waals surface area contributed by atoms with Gasteiger partial charge in [-0.05, 0) is 61.1 Å². The van der Waals surface area contributed by atoms with Gasteiger partial charge >= 0.3 is 0 Å². The van der Waals surface area contributed by atoms with Crippen molar-refractivity contribution in [2.75, 3.05) is 34.0 Å². The molecular formula is C33H38F5N7O3S2. The van der Waals surface area contributed by atoms with Crippen LogP contribution >= 0.6 is 23.5 Å². The van der Waals surface area contributed by atoms with Gasteiger partial charge in [-0.3, -0.25) is 14.4 Å². The number of benzene rings is 2. The number of carbonyl (C=O) groups is 3. The Balaban J connectivity index is 1.91. The quantitative estimate of drug-likeness (QED) is 0.0287. The van der Waals surface area contributed by atoms with Gasteiger partial charge in [0.05, 0.1) is 22.0 Å². The second-order valence-corrected chi connectivity index (χ2v) is 13.7. The Kier molecular flexibility index (Phi) is 14.1. The fourth-order valence-corrected chi connectivity index (χ4v) is 6.26. The molecule has 0 unspecified atom stereocenters. The van der Waals surface area contributed by atoms with Crippen molar-refractivity contribution in [1.29, 1.82) is 0 Å². The molecule has 0 saturated heterocycles. The first-order valence-corrected chi connectivity index (χ1v) is 17.5. The number of nitrogens with zero attached hydrogens (tertiary/aromatic N) is 3. The Morgan fingerprint density at radius 3 is 1.76 bits per heavy atom. The molecule has 3 rings (SSSR count). The van der Waals surface area contributed by atoms with Gasteiger partial charge in [0, 0.05) is 48.9 Å². The fourth-order valence-electron chi connectivity index (χ4n) is 4.60. The summed E-state index contributed by atoms with van der Waals surface area (Å²) in [6.07, 6.45) is 0.574. The first-order chi connectivity index (χ1) is 23.4. The number of amidine groups is 1. The van der Waals surface area contributed by atoms with Gasteiger partial charge in [0.25, 0.3) is 29.7 Å². The molecule has 0 aliphatic carbocycles. The summed E-state index contributed by atoms with van der Waals surface area (Å²) in [4.78, 5) is 51.6. The lowest BCUT2D eigenvalue weighted by Gasteiger charge is -2.20. The number of alkyl halides is 4. The van der Waals surface area contributed by atoms with Gasteiger partial charge in [0.1, 0.15) is 17.7 Å². The van der Waals surface area contributed by atoms with Crippen molar-refractivity contribution in [3.05, 3.63) is 64.7 Å². The van der Waals surface area contributed by atoms with Crippen LogP contribution < -0.4 is 21.7 Å². The van der Waals surface area contributed by atoms with Crippen molar-refractivity contribution >= 4 is 64.4 Å². The van der Waals surface area contributed by atoms with Crippen LogP contribution in [0.2, 0.25) is 0 Å². The number of unbranched alkanes of at least 4 members (excludes halogenated alkanes) is 1. The lowest BCUT2D eigenvalue weighted by atomic mass is 10.1. The number of aliphatic imine (C=N–C) groups is 1. The van der Waals surface area contributed by atoms with Crippen molar-refractivity contribution in [2.45, 2.75) is 75.5 Å². The van der Waals surface area contributed by atoms with Gasteiger partial charge in [-0.15, -0.1) is 23.5 Å². The number of nitrogens with one attached hydrogen (secondary N) is 3. The predicted molar refractivity (Wildman–Crippen MR) is 188 cm³/mol. The predicted octanol–water partition coefficient (Wildman–Crippen LogP) is 8.13. The number of carbonyl (C=O) groups excluding carboxylic acids is 3. The Hall–Kier alpha value is -4.25. The lowest BCUT2D eigenvalue weighted by molar-refractivity contribution is -0.116. The summed E-state index contributed by atoms with van der Waals surface area (Å²) in [6, 6.07) is 5.84. The van der Waals surface area contributed by atoms with Crippen molar-refractivity contribution in [1.82, 2.24) is 9.97 Å². The normalized spacial score (nSPS) is 12.1. The molecule has 17 heteroatoms. The third kappa shape index (κ3) is 11.4. The summed E-state index contributed by atoms with van der Waals surface area (Å²) in [7, 11) is 0. The van der Waals surface area contributed by atoms with Crippen LogP contribution in [0.1, 0.15) is 84.6 Å². The Morgan fingerprint density at radius 1 is 0.780 bits per heavy atom. The number of aryl methyl sites for hydroxylation is 1. The highest BCUT2D eigenvalue weighted by atomic mass is 32.2. The van der Waals surface area contributed by atoms with E-state index in [1.165, 1.54) is 35.7 Å². The monoisotopic (exact) mass is 739 g/mol. The van der Waals surface area contributed by atoms with E-state index in [2.05, 4.69) is 30.9 Å². The topological polar surface area (TPSA) is 151 Å². The van der Waals surface area contributed by atoms with E-state index in [9.17, 15) is 36.3 Å². The molecule has 10 nitrogen and oxygen atoms in total. The van der Waals surface area contributed by atoms with E-state index in [1.807, 2.05) is 6.92 Å². The molecular weight excluding hydrogens is 702 g/mol. The number of anilines is 3. The Labute approximate surface area is 295 Å². The number of nitrogens with two attached hydrogens (primary N) is 1. The molecule has 1 aromatic heterocycles. The summed E-state index contributed by atoms with van der Waals surface area (Å²) >= 11 is 2.54. The largest absolute Gasteiger partial charge is 0.360 e. The Morgan fingerprint density at radius 2 is 1.26 bits per heavy atom. The standard InChI is InChI=1S/C33H38F5N7O3S2/c1-6-49-27-18(3)12-19(32(4,35)36)13-21(27)44-29(47)24-16-25(42-17-41-24)30(48)45-23-15-20(33(5,37)38)14-22(28(23)50-7-2)43-26(46)10-8-9-11-40-31(34)39/h12-17H,6-11H2,1-5H3,(H2,39,40)(H,43,46)(H,44,47)(H,45,48).